The fourth-order valence-corrected chi connectivity index (χ4v) is 2.39. The van der Waals surface area contributed by atoms with Crippen LogP contribution in [0.5, 0.6) is 0 Å². The van der Waals surface area contributed by atoms with E-state index in [1.165, 1.54) is 23.4 Å². The molecule has 1 heterocycles. The summed E-state index contributed by atoms with van der Waals surface area (Å²) in [6.07, 6.45) is 1.81. The Morgan fingerprint density at radius 2 is 2.17 bits per heavy atom. The number of thioether (sulfide) groups is 1. The molecule has 0 atom stereocenters. The highest BCUT2D eigenvalue weighted by molar-refractivity contribution is 7.99. The first-order valence-electron chi connectivity index (χ1n) is 5.26. The molecule has 2 rings (SSSR count). The van der Waals surface area contributed by atoms with Crippen LogP contribution in [-0.4, -0.2) is 20.5 Å². The summed E-state index contributed by atoms with van der Waals surface area (Å²) in [5.74, 6) is 0.919. The Labute approximate surface area is 114 Å². The van der Waals surface area contributed by atoms with Crippen LogP contribution in [0.15, 0.2) is 41.0 Å². The monoisotopic (exact) mass is 283 g/mol. The van der Waals surface area contributed by atoms with Crippen LogP contribution in [0, 0.1) is 5.82 Å². The average Bonchev–Trinajstić information content (AvgIpc) is 2.72. The molecule has 6 heteroatoms. The van der Waals surface area contributed by atoms with Crippen molar-refractivity contribution in [2.24, 2.45) is 7.05 Å². The predicted octanol–water partition coefficient (Wildman–Crippen LogP) is 3.47. The third kappa shape index (κ3) is 2.73. The SMILES string of the molecule is Cn1c(SC/C=C/Cl)nnc1-c1ccccc1F. The van der Waals surface area contributed by atoms with Gasteiger partial charge in [-0.2, -0.15) is 0 Å². The summed E-state index contributed by atoms with van der Waals surface area (Å²) in [5, 5.41) is 8.78. The molecule has 0 radical (unpaired) electrons. The fraction of sp³-hybridized carbons (Fsp3) is 0.167. The van der Waals surface area contributed by atoms with Crippen LogP contribution in [0.3, 0.4) is 0 Å². The van der Waals surface area contributed by atoms with Crippen molar-refractivity contribution in [1.29, 1.82) is 0 Å². The van der Waals surface area contributed by atoms with Crippen LogP contribution < -0.4 is 0 Å². The number of nitrogens with zero attached hydrogens (tertiary/aromatic N) is 3. The molecule has 0 aliphatic heterocycles. The van der Waals surface area contributed by atoms with Gasteiger partial charge in [0.25, 0.3) is 0 Å². The molecule has 0 amide bonds. The van der Waals surface area contributed by atoms with Gasteiger partial charge in [0.1, 0.15) is 5.82 Å². The number of hydrogen-bond donors (Lipinski definition) is 0. The molecule has 1 aromatic heterocycles. The molecule has 0 aliphatic carbocycles. The highest BCUT2D eigenvalue weighted by Crippen LogP contribution is 2.24. The van der Waals surface area contributed by atoms with Gasteiger partial charge in [0.2, 0.25) is 0 Å². The largest absolute Gasteiger partial charge is 0.305 e. The standard InChI is InChI=1S/C12H11ClFN3S/c1-17-11(9-5-2-3-6-10(9)14)15-16-12(17)18-8-4-7-13/h2-7H,8H2,1H3/b7-4+. The van der Waals surface area contributed by atoms with Crippen molar-refractivity contribution < 1.29 is 4.39 Å². The van der Waals surface area contributed by atoms with E-state index < -0.39 is 0 Å². The Balaban J connectivity index is 2.28. The molecule has 0 saturated carbocycles. The molecule has 2 aromatic rings. The number of rotatable bonds is 4. The van der Waals surface area contributed by atoms with Gasteiger partial charge in [-0.05, 0) is 12.1 Å². The maximum atomic E-state index is 13.7. The molecule has 94 valence electrons. The molecule has 0 bridgehead atoms. The van der Waals surface area contributed by atoms with Crippen molar-refractivity contribution in [3.8, 4) is 11.4 Å². The second-order valence-corrected chi connectivity index (χ2v) is 4.76. The van der Waals surface area contributed by atoms with Gasteiger partial charge in [-0.25, -0.2) is 4.39 Å². The molecule has 3 nitrogen and oxygen atoms in total. The number of aromatic nitrogens is 3. The average molecular weight is 284 g/mol. The van der Waals surface area contributed by atoms with Crippen molar-refractivity contribution in [1.82, 2.24) is 14.8 Å². The van der Waals surface area contributed by atoms with Gasteiger partial charge >= 0.3 is 0 Å². The maximum Gasteiger partial charge on any atom is 0.191 e. The first kappa shape index (κ1) is 13.1. The molecule has 1 aromatic carbocycles. The fourth-order valence-electron chi connectivity index (χ4n) is 1.48. The molecule has 0 spiro atoms. The quantitative estimate of drug-likeness (QED) is 0.805. The summed E-state index contributed by atoms with van der Waals surface area (Å²) in [6.45, 7) is 0. The van der Waals surface area contributed by atoms with Crippen molar-refractivity contribution in [2.45, 2.75) is 5.16 Å². The molecule has 0 saturated heterocycles. The summed E-state index contributed by atoms with van der Waals surface area (Å²) in [4.78, 5) is 0. The van der Waals surface area contributed by atoms with Gasteiger partial charge in [0.05, 0.1) is 5.56 Å². The smallest absolute Gasteiger partial charge is 0.191 e. The number of hydrogen-bond acceptors (Lipinski definition) is 3. The molecular weight excluding hydrogens is 273 g/mol. The lowest BCUT2D eigenvalue weighted by atomic mass is 10.2. The summed E-state index contributed by atoms with van der Waals surface area (Å²) >= 11 is 6.93. The minimum Gasteiger partial charge on any atom is -0.305 e. The predicted molar refractivity (Wildman–Crippen MR) is 72.1 cm³/mol. The van der Waals surface area contributed by atoms with Gasteiger partial charge in [-0.1, -0.05) is 41.6 Å². The first-order valence-corrected chi connectivity index (χ1v) is 6.68. The van der Waals surface area contributed by atoms with E-state index in [-0.39, 0.29) is 5.82 Å². The molecular formula is C12H11ClFN3S. The Bertz CT molecular complexity index is 568. The Kier molecular flexibility index (Phi) is 4.38. The van der Waals surface area contributed by atoms with Crippen LogP contribution in [0.4, 0.5) is 4.39 Å². The van der Waals surface area contributed by atoms with E-state index in [4.69, 9.17) is 11.6 Å². The minimum atomic E-state index is -0.301. The van der Waals surface area contributed by atoms with Crippen molar-refractivity contribution in [2.75, 3.05) is 5.75 Å². The van der Waals surface area contributed by atoms with Gasteiger partial charge in [-0.15, -0.1) is 10.2 Å². The van der Waals surface area contributed by atoms with Crippen LogP contribution in [0.25, 0.3) is 11.4 Å². The van der Waals surface area contributed by atoms with Crippen LogP contribution in [-0.2, 0) is 7.05 Å². The zero-order valence-electron chi connectivity index (χ0n) is 9.68. The molecule has 0 N–H and O–H groups in total. The lowest BCUT2D eigenvalue weighted by Gasteiger charge is -2.03. The van der Waals surface area contributed by atoms with E-state index in [0.717, 1.165) is 5.16 Å². The van der Waals surface area contributed by atoms with Gasteiger partial charge in [0.15, 0.2) is 11.0 Å². The van der Waals surface area contributed by atoms with E-state index in [1.54, 1.807) is 22.8 Å². The van der Waals surface area contributed by atoms with E-state index in [9.17, 15) is 4.39 Å². The zero-order chi connectivity index (χ0) is 13.0. The van der Waals surface area contributed by atoms with Crippen LogP contribution >= 0.6 is 23.4 Å². The Morgan fingerprint density at radius 3 is 2.89 bits per heavy atom. The summed E-state index contributed by atoms with van der Waals surface area (Å²) < 4.78 is 15.4. The summed E-state index contributed by atoms with van der Waals surface area (Å²) in [7, 11) is 1.81. The normalized spacial score (nSPS) is 11.3. The van der Waals surface area contributed by atoms with E-state index in [2.05, 4.69) is 10.2 Å². The number of halogens is 2. The Hall–Kier alpha value is -1.33. The number of benzene rings is 1. The van der Waals surface area contributed by atoms with Crippen LogP contribution in [0.1, 0.15) is 0 Å². The van der Waals surface area contributed by atoms with E-state index in [0.29, 0.717) is 17.1 Å². The highest BCUT2D eigenvalue weighted by atomic mass is 35.5. The summed E-state index contributed by atoms with van der Waals surface area (Å²) in [6, 6.07) is 6.52. The third-order valence-corrected chi connectivity index (χ3v) is 3.50. The van der Waals surface area contributed by atoms with Gasteiger partial charge < -0.3 is 4.57 Å². The van der Waals surface area contributed by atoms with Crippen LogP contribution in [0.2, 0.25) is 0 Å². The van der Waals surface area contributed by atoms with Crippen molar-refractivity contribution in [3.05, 3.63) is 41.7 Å². The topological polar surface area (TPSA) is 30.7 Å². The lowest BCUT2D eigenvalue weighted by molar-refractivity contribution is 0.628. The second kappa shape index (κ2) is 6.02. The second-order valence-electron chi connectivity index (χ2n) is 3.52. The Morgan fingerprint density at radius 1 is 1.39 bits per heavy atom. The zero-order valence-corrected chi connectivity index (χ0v) is 11.2. The van der Waals surface area contributed by atoms with Crippen molar-refractivity contribution >= 4 is 23.4 Å². The lowest BCUT2D eigenvalue weighted by Crippen LogP contribution is -1.96. The van der Waals surface area contributed by atoms with Crippen molar-refractivity contribution in [3.63, 3.8) is 0 Å². The molecule has 18 heavy (non-hydrogen) atoms. The first-order chi connectivity index (χ1) is 8.74. The highest BCUT2D eigenvalue weighted by Gasteiger charge is 2.13. The maximum absolute atomic E-state index is 13.7. The molecule has 0 unspecified atom stereocenters. The van der Waals surface area contributed by atoms with Gasteiger partial charge in [-0.3, -0.25) is 0 Å². The molecule has 0 fully saturated rings. The molecule has 0 aliphatic rings. The van der Waals surface area contributed by atoms with E-state index >= 15 is 0 Å². The third-order valence-electron chi connectivity index (χ3n) is 2.35. The van der Waals surface area contributed by atoms with E-state index in [1.807, 2.05) is 13.1 Å². The summed E-state index contributed by atoms with van der Waals surface area (Å²) in [5.41, 5.74) is 1.91. The minimum absolute atomic E-state index is 0.301. The van der Waals surface area contributed by atoms with Gasteiger partial charge in [0, 0.05) is 18.3 Å².